The van der Waals surface area contributed by atoms with E-state index in [9.17, 15) is 5.11 Å². The summed E-state index contributed by atoms with van der Waals surface area (Å²) >= 11 is 0. The van der Waals surface area contributed by atoms with Crippen LogP contribution in [0.2, 0.25) is 0 Å². The maximum atomic E-state index is 10.7. The van der Waals surface area contributed by atoms with Gasteiger partial charge in [0.1, 0.15) is 5.60 Å². The summed E-state index contributed by atoms with van der Waals surface area (Å²) in [5.74, 6) is 0. The van der Waals surface area contributed by atoms with Crippen molar-refractivity contribution in [3.05, 3.63) is 46.5 Å². The average molecular weight is 216 g/mol. The minimum Gasteiger partial charge on any atom is -0.381 e. The highest BCUT2D eigenvalue weighted by Gasteiger charge is 2.29. The number of aliphatic hydroxyl groups is 1. The van der Waals surface area contributed by atoms with Crippen LogP contribution < -0.4 is 0 Å². The van der Waals surface area contributed by atoms with E-state index in [-0.39, 0.29) is 0 Å². The Hall–Kier alpha value is -1.08. The summed E-state index contributed by atoms with van der Waals surface area (Å²) in [6, 6.07) is 4.31. The number of allylic oxidation sites excluding steroid dienone is 1. The van der Waals surface area contributed by atoms with Crippen molar-refractivity contribution < 1.29 is 5.11 Å². The molecule has 0 aliphatic heterocycles. The maximum absolute atomic E-state index is 10.7. The Bertz CT molecular complexity index is 431. The lowest BCUT2D eigenvalue weighted by Crippen LogP contribution is -2.26. The number of aryl methyl sites for hydroxylation is 3. The summed E-state index contributed by atoms with van der Waals surface area (Å²) in [5, 5.41) is 10.7. The molecule has 1 nitrogen and oxygen atoms in total. The van der Waals surface area contributed by atoms with E-state index in [1.807, 2.05) is 6.08 Å². The van der Waals surface area contributed by atoms with Crippen LogP contribution >= 0.6 is 0 Å². The largest absolute Gasteiger partial charge is 0.381 e. The lowest BCUT2D eigenvalue weighted by atomic mass is 9.81. The number of hydrogen-bond donors (Lipinski definition) is 1. The van der Waals surface area contributed by atoms with Crippen molar-refractivity contribution in [1.29, 1.82) is 0 Å². The molecule has 0 radical (unpaired) electrons. The molecule has 0 heterocycles. The van der Waals surface area contributed by atoms with Gasteiger partial charge in [-0.3, -0.25) is 0 Å². The summed E-state index contributed by atoms with van der Waals surface area (Å²) in [5.41, 5.74) is 4.09. The van der Waals surface area contributed by atoms with Gasteiger partial charge in [-0.2, -0.15) is 0 Å². The highest BCUT2D eigenvalue weighted by Crippen LogP contribution is 2.35. The summed E-state index contributed by atoms with van der Waals surface area (Å²) in [4.78, 5) is 0. The van der Waals surface area contributed by atoms with Crippen LogP contribution in [0, 0.1) is 20.8 Å². The third kappa shape index (κ3) is 1.92. The molecule has 0 spiro atoms. The van der Waals surface area contributed by atoms with Gasteiger partial charge in [0.2, 0.25) is 0 Å². The summed E-state index contributed by atoms with van der Waals surface area (Å²) in [7, 11) is 0. The summed E-state index contributed by atoms with van der Waals surface area (Å²) in [6.07, 6.45) is 7.06. The van der Waals surface area contributed by atoms with Crippen LogP contribution in [0.5, 0.6) is 0 Å². The fourth-order valence-electron chi connectivity index (χ4n) is 2.50. The highest BCUT2D eigenvalue weighted by atomic mass is 16.3. The molecule has 0 saturated carbocycles. The van der Waals surface area contributed by atoms with Gasteiger partial charge >= 0.3 is 0 Å². The van der Waals surface area contributed by atoms with E-state index in [4.69, 9.17) is 0 Å². The van der Waals surface area contributed by atoms with Gasteiger partial charge in [-0.1, -0.05) is 24.3 Å². The molecule has 0 aromatic heterocycles. The Balaban J connectivity index is 2.51. The van der Waals surface area contributed by atoms with Crippen LogP contribution in [0.3, 0.4) is 0 Å². The first-order valence-electron chi connectivity index (χ1n) is 6.01. The average Bonchev–Trinajstić information content (AvgIpc) is 2.24. The minimum atomic E-state index is -0.735. The van der Waals surface area contributed by atoms with Crippen molar-refractivity contribution in [3.63, 3.8) is 0 Å². The van der Waals surface area contributed by atoms with Crippen LogP contribution in [-0.2, 0) is 5.60 Å². The monoisotopic (exact) mass is 216 g/mol. The zero-order valence-electron chi connectivity index (χ0n) is 10.4. The molecule has 0 amide bonds. The number of hydrogen-bond acceptors (Lipinski definition) is 1. The van der Waals surface area contributed by atoms with Gasteiger partial charge in [0.05, 0.1) is 0 Å². The van der Waals surface area contributed by atoms with E-state index in [0.717, 1.165) is 24.8 Å². The molecule has 0 fully saturated rings. The third-order valence-corrected chi connectivity index (χ3v) is 3.63. The fourth-order valence-corrected chi connectivity index (χ4v) is 2.50. The second-order valence-electron chi connectivity index (χ2n) is 4.97. The minimum absolute atomic E-state index is 0.735. The van der Waals surface area contributed by atoms with Gasteiger partial charge in [0.25, 0.3) is 0 Å². The van der Waals surface area contributed by atoms with E-state index < -0.39 is 5.60 Å². The van der Waals surface area contributed by atoms with E-state index in [0.29, 0.717) is 0 Å². The standard InChI is InChI=1S/C15H20O/c1-11-9-13(3)14(10-12(11)2)15(16)7-5-4-6-8-15/h5,7,9-10,16H,4,6,8H2,1-3H3. The van der Waals surface area contributed by atoms with Gasteiger partial charge in [0.15, 0.2) is 0 Å². The fraction of sp³-hybridized carbons (Fsp3) is 0.467. The van der Waals surface area contributed by atoms with Crippen LogP contribution in [0.25, 0.3) is 0 Å². The van der Waals surface area contributed by atoms with E-state index in [1.54, 1.807) is 0 Å². The molecule has 1 aromatic carbocycles. The van der Waals surface area contributed by atoms with Crippen molar-refractivity contribution in [2.45, 2.75) is 45.6 Å². The SMILES string of the molecule is Cc1cc(C)c(C2(O)C=CCCC2)cc1C. The molecule has 16 heavy (non-hydrogen) atoms. The highest BCUT2D eigenvalue weighted by molar-refractivity contribution is 5.42. The Morgan fingerprint density at radius 1 is 1.06 bits per heavy atom. The molecule has 1 aliphatic rings. The Morgan fingerprint density at radius 3 is 2.38 bits per heavy atom. The molecular formula is C15H20O. The van der Waals surface area contributed by atoms with Crippen LogP contribution in [0.1, 0.15) is 41.5 Å². The molecule has 1 heteroatoms. The molecule has 0 bridgehead atoms. The number of benzene rings is 1. The van der Waals surface area contributed by atoms with E-state index in [1.165, 1.54) is 16.7 Å². The van der Waals surface area contributed by atoms with Crippen LogP contribution in [0.4, 0.5) is 0 Å². The Labute approximate surface area is 97.8 Å². The van der Waals surface area contributed by atoms with Gasteiger partial charge < -0.3 is 5.11 Å². The number of rotatable bonds is 1. The summed E-state index contributed by atoms with van der Waals surface area (Å²) < 4.78 is 0. The predicted molar refractivity (Wildman–Crippen MR) is 67.5 cm³/mol. The summed E-state index contributed by atoms with van der Waals surface area (Å²) in [6.45, 7) is 6.31. The topological polar surface area (TPSA) is 20.2 Å². The first kappa shape index (κ1) is 11.4. The van der Waals surface area contributed by atoms with E-state index in [2.05, 4.69) is 39.0 Å². The smallest absolute Gasteiger partial charge is 0.108 e. The maximum Gasteiger partial charge on any atom is 0.108 e. The van der Waals surface area contributed by atoms with Gasteiger partial charge in [0, 0.05) is 0 Å². The first-order valence-corrected chi connectivity index (χ1v) is 6.01. The molecule has 1 unspecified atom stereocenters. The Kier molecular flexibility index (Phi) is 2.90. The molecule has 0 saturated heterocycles. The zero-order chi connectivity index (χ0) is 11.8. The van der Waals surface area contributed by atoms with Crippen LogP contribution in [-0.4, -0.2) is 5.11 Å². The molecular weight excluding hydrogens is 196 g/mol. The lowest BCUT2D eigenvalue weighted by Gasteiger charge is -2.30. The zero-order valence-corrected chi connectivity index (χ0v) is 10.4. The molecule has 86 valence electrons. The van der Waals surface area contributed by atoms with Crippen molar-refractivity contribution >= 4 is 0 Å². The van der Waals surface area contributed by atoms with E-state index >= 15 is 0 Å². The molecule has 1 aromatic rings. The quantitative estimate of drug-likeness (QED) is 0.712. The van der Waals surface area contributed by atoms with Crippen LogP contribution in [0.15, 0.2) is 24.3 Å². The predicted octanol–water partition coefficient (Wildman–Crippen LogP) is 3.54. The molecule has 1 aliphatic carbocycles. The Morgan fingerprint density at radius 2 is 1.75 bits per heavy atom. The van der Waals surface area contributed by atoms with Crippen molar-refractivity contribution in [2.24, 2.45) is 0 Å². The van der Waals surface area contributed by atoms with Gasteiger partial charge in [-0.15, -0.1) is 0 Å². The lowest BCUT2D eigenvalue weighted by molar-refractivity contribution is 0.0719. The van der Waals surface area contributed by atoms with Gasteiger partial charge in [-0.05, 0) is 62.3 Å². The molecule has 1 N–H and O–H groups in total. The second-order valence-corrected chi connectivity index (χ2v) is 4.97. The first-order chi connectivity index (χ1) is 7.53. The molecule has 1 atom stereocenters. The van der Waals surface area contributed by atoms with Crippen molar-refractivity contribution in [3.8, 4) is 0 Å². The van der Waals surface area contributed by atoms with Crippen molar-refractivity contribution in [1.82, 2.24) is 0 Å². The molecule has 2 rings (SSSR count). The normalized spacial score (nSPS) is 24.8. The van der Waals surface area contributed by atoms with Crippen molar-refractivity contribution in [2.75, 3.05) is 0 Å². The second kappa shape index (κ2) is 4.06. The van der Waals surface area contributed by atoms with Gasteiger partial charge in [-0.25, -0.2) is 0 Å². The third-order valence-electron chi connectivity index (χ3n) is 3.63.